The summed E-state index contributed by atoms with van der Waals surface area (Å²) in [4.78, 5) is 0. The molecule has 0 aromatic heterocycles. The number of hydrogen-bond donors (Lipinski definition) is 1. The molecule has 130 valence electrons. The molecule has 0 spiro atoms. The maximum absolute atomic E-state index is 10.5. The van der Waals surface area contributed by atoms with E-state index in [2.05, 4.69) is 27.4 Å². The average Bonchev–Trinajstić information content (AvgIpc) is 2.50. The summed E-state index contributed by atoms with van der Waals surface area (Å²) in [5.41, 5.74) is 1.61. The van der Waals surface area contributed by atoms with Crippen molar-refractivity contribution in [1.29, 1.82) is 0 Å². The smallest absolute Gasteiger partial charge is 0.0622 e. The van der Waals surface area contributed by atoms with Gasteiger partial charge in [-0.15, -0.1) is 0 Å². The van der Waals surface area contributed by atoms with Crippen LogP contribution in [0.4, 0.5) is 0 Å². The maximum atomic E-state index is 10.5. The molecule has 0 aromatic rings. The summed E-state index contributed by atoms with van der Waals surface area (Å²) in [6.45, 7) is 11.6. The van der Waals surface area contributed by atoms with E-state index < -0.39 is 0 Å². The van der Waals surface area contributed by atoms with Crippen LogP contribution in [-0.4, -0.2) is 10.7 Å². The largest absolute Gasteiger partial charge is 0.390 e. The van der Waals surface area contributed by atoms with Crippen molar-refractivity contribution < 1.29 is 5.11 Å². The zero-order valence-corrected chi connectivity index (χ0v) is 15.5. The Balaban J connectivity index is 1.57. The Morgan fingerprint density at radius 3 is 2.43 bits per heavy atom. The molecule has 23 heavy (non-hydrogen) atoms. The first-order chi connectivity index (χ1) is 10.8. The van der Waals surface area contributed by atoms with Crippen LogP contribution in [0.3, 0.4) is 0 Å². The van der Waals surface area contributed by atoms with Gasteiger partial charge >= 0.3 is 0 Å². The van der Waals surface area contributed by atoms with Gasteiger partial charge in [-0.2, -0.15) is 0 Å². The van der Waals surface area contributed by atoms with Crippen molar-refractivity contribution in [3.05, 3.63) is 12.2 Å². The lowest BCUT2D eigenvalue weighted by molar-refractivity contribution is -0.102. The van der Waals surface area contributed by atoms with Gasteiger partial charge in [-0.05, 0) is 106 Å². The summed E-state index contributed by atoms with van der Waals surface area (Å²) in [6.07, 6.45) is 11.8. The number of rotatable bonds is 0. The molecule has 4 rings (SSSR count). The van der Waals surface area contributed by atoms with E-state index in [0.29, 0.717) is 5.41 Å². The lowest BCUT2D eigenvalue weighted by atomic mass is 9.45. The first kappa shape index (κ1) is 16.2. The van der Waals surface area contributed by atoms with Crippen LogP contribution in [0.2, 0.25) is 0 Å². The molecule has 4 fully saturated rings. The molecule has 1 heteroatoms. The van der Waals surface area contributed by atoms with Crippen molar-refractivity contribution in [2.75, 3.05) is 0 Å². The summed E-state index contributed by atoms with van der Waals surface area (Å²) in [6, 6.07) is 0. The number of allylic oxidation sites excluding steroid dienone is 1. The minimum atomic E-state index is -0.383. The molecule has 0 aromatic carbocycles. The normalized spacial score (nSPS) is 56.4. The van der Waals surface area contributed by atoms with Crippen molar-refractivity contribution in [2.45, 2.75) is 84.2 Å². The summed E-state index contributed by atoms with van der Waals surface area (Å²) in [5, 5.41) is 10.5. The van der Waals surface area contributed by atoms with Gasteiger partial charge in [0, 0.05) is 0 Å². The second-order valence-electron chi connectivity index (χ2n) is 10.1. The third kappa shape index (κ3) is 2.44. The molecule has 0 amide bonds. The Morgan fingerprint density at radius 2 is 1.65 bits per heavy atom. The third-order valence-corrected chi connectivity index (χ3v) is 8.87. The van der Waals surface area contributed by atoms with E-state index in [1.807, 2.05) is 0 Å². The predicted molar refractivity (Wildman–Crippen MR) is 96.0 cm³/mol. The van der Waals surface area contributed by atoms with Crippen molar-refractivity contribution in [1.82, 2.24) is 0 Å². The third-order valence-electron chi connectivity index (χ3n) is 8.87. The first-order valence-corrected chi connectivity index (χ1v) is 10.2. The van der Waals surface area contributed by atoms with Crippen LogP contribution < -0.4 is 0 Å². The highest BCUT2D eigenvalue weighted by atomic mass is 16.3. The highest BCUT2D eigenvalue weighted by molar-refractivity contribution is 5.20. The van der Waals surface area contributed by atoms with Crippen LogP contribution >= 0.6 is 0 Å². The van der Waals surface area contributed by atoms with Crippen LogP contribution in [0.5, 0.6) is 0 Å². The highest BCUT2D eigenvalue weighted by Crippen LogP contribution is 2.63. The fourth-order valence-electron chi connectivity index (χ4n) is 7.50. The average molecular weight is 317 g/mol. The van der Waals surface area contributed by atoms with Gasteiger partial charge in [-0.1, -0.05) is 26.0 Å². The summed E-state index contributed by atoms with van der Waals surface area (Å²) in [7, 11) is 0. The minimum Gasteiger partial charge on any atom is -0.390 e. The number of aliphatic hydroxyl groups is 1. The van der Waals surface area contributed by atoms with E-state index in [0.717, 1.165) is 48.3 Å². The Morgan fingerprint density at radius 1 is 0.913 bits per heavy atom. The molecule has 0 heterocycles. The van der Waals surface area contributed by atoms with Crippen LogP contribution in [0.1, 0.15) is 78.6 Å². The molecule has 4 aliphatic rings. The topological polar surface area (TPSA) is 20.2 Å². The zero-order valence-electron chi connectivity index (χ0n) is 15.5. The highest BCUT2D eigenvalue weighted by Gasteiger charge is 2.55. The van der Waals surface area contributed by atoms with Crippen molar-refractivity contribution in [2.24, 2.45) is 40.9 Å². The van der Waals surface area contributed by atoms with E-state index in [-0.39, 0.29) is 5.60 Å². The fraction of sp³-hybridized carbons (Fsp3) is 0.909. The molecule has 0 aliphatic heterocycles. The van der Waals surface area contributed by atoms with Crippen molar-refractivity contribution in [3.63, 3.8) is 0 Å². The van der Waals surface area contributed by atoms with Gasteiger partial charge < -0.3 is 5.11 Å². The van der Waals surface area contributed by atoms with Crippen molar-refractivity contribution in [3.8, 4) is 0 Å². The van der Waals surface area contributed by atoms with E-state index in [9.17, 15) is 5.11 Å². The second kappa shape index (κ2) is 5.35. The first-order valence-electron chi connectivity index (χ1n) is 10.2. The zero-order chi connectivity index (χ0) is 16.4. The molecule has 0 saturated heterocycles. The van der Waals surface area contributed by atoms with Crippen molar-refractivity contribution >= 4 is 0 Å². The Hall–Kier alpha value is -0.300. The van der Waals surface area contributed by atoms with Gasteiger partial charge in [-0.3, -0.25) is 0 Å². The van der Waals surface area contributed by atoms with Crippen LogP contribution in [-0.2, 0) is 0 Å². The fourth-order valence-corrected chi connectivity index (χ4v) is 7.50. The van der Waals surface area contributed by atoms with E-state index >= 15 is 0 Å². The molecule has 1 nitrogen and oxygen atoms in total. The number of fused-ring (bicyclic) bond motifs is 5. The summed E-state index contributed by atoms with van der Waals surface area (Å²) in [5.74, 6) is 5.23. The minimum absolute atomic E-state index is 0.383. The van der Waals surface area contributed by atoms with Crippen LogP contribution in [0.15, 0.2) is 12.2 Å². The molecule has 0 unspecified atom stereocenters. The second-order valence-corrected chi connectivity index (χ2v) is 10.1. The lowest BCUT2D eigenvalue weighted by Crippen LogP contribution is -2.52. The summed E-state index contributed by atoms with van der Waals surface area (Å²) < 4.78 is 0. The standard InChI is InChI=1S/C22H36O/c1-14-5-8-20-19-7-6-16-13-21(3,23)11-9-17(16)18(19)10-12-22(20,4)15(14)2/h14,16-20,23H,2,5-13H2,1,3-4H3/t14-,16-,17+,18-,19-,20+,21-,22-/m1/s1. The van der Waals surface area contributed by atoms with E-state index in [4.69, 9.17) is 0 Å². The lowest BCUT2D eigenvalue weighted by Gasteiger charge is -2.60. The van der Waals surface area contributed by atoms with Gasteiger partial charge in [0.05, 0.1) is 5.60 Å². The summed E-state index contributed by atoms with van der Waals surface area (Å²) >= 11 is 0. The SMILES string of the molecule is C=C1[C@H](C)CC[C@H]2[C@@H]3CC[C@@H]4C[C@](C)(O)CC[C@@H]4[C@H]3CC[C@]12C. The molecule has 4 saturated carbocycles. The van der Waals surface area contributed by atoms with Gasteiger partial charge in [0.25, 0.3) is 0 Å². The molecular formula is C22H36O. The van der Waals surface area contributed by atoms with Gasteiger partial charge in [0.1, 0.15) is 0 Å². The van der Waals surface area contributed by atoms with Gasteiger partial charge in [0.15, 0.2) is 0 Å². The Kier molecular flexibility index (Phi) is 3.76. The van der Waals surface area contributed by atoms with E-state index in [1.165, 1.54) is 44.9 Å². The molecular weight excluding hydrogens is 280 g/mol. The number of hydrogen-bond acceptors (Lipinski definition) is 1. The Labute approximate surface area is 142 Å². The predicted octanol–water partition coefficient (Wildman–Crippen LogP) is 5.58. The van der Waals surface area contributed by atoms with Gasteiger partial charge in [0.2, 0.25) is 0 Å². The molecule has 1 N–H and O–H groups in total. The van der Waals surface area contributed by atoms with E-state index in [1.54, 1.807) is 5.57 Å². The Bertz CT molecular complexity index is 492. The quantitative estimate of drug-likeness (QED) is 0.578. The van der Waals surface area contributed by atoms with Gasteiger partial charge in [-0.25, -0.2) is 0 Å². The molecule has 4 aliphatic carbocycles. The monoisotopic (exact) mass is 316 g/mol. The van der Waals surface area contributed by atoms with Crippen LogP contribution in [0, 0.1) is 40.9 Å². The van der Waals surface area contributed by atoms with Crippen LogP contribution in [0.25, 0.3) is 0 Å². The molecule has 0 bridgehead atoms. The maximum Gasteiger partial charge on any atom is 0.0622 e. The molecule has 8 atom stereocenters. The molecule has 0 radical (unpaired) electrons.